The van der Waals surface area contributed by atoms with Gasteiger partial charge in [-0.05, 0) is 0 Å². The maximum absolute atomic E-state index is 9.33. The highest BCUT2D eigenvalue weighted by molar-refractivity contribution is 6.12. The number of methoxy groups -OCH3 is 1. The molecule has 3 rings (SSSR count). The molecule has 1 aromatic carbocycles. The molecule has 1 N–H and O–H groups in total. The van der Waals surface area contributed by atoms with E-state index in [1.807, 2.05) is 0 Å². The third-order valence-electron chi connectivity index (χ3n) is 1.78. The summed E-state index contributed by atoms with van der Waals surface area (Å²) in [7, 11) is 1.48. The van der Waals surface area contributed by atoms with E-state index in [4.69, 9.17) is 13.6 Å². The molecular formula is C7H4O4. The first-order valence-corrected chi connectivity index (χ1v) is 3.15. The van der Waals surface area contributed by atoms with Crippen molar-refractivity contribution in [3.05, 3.63) is 0 Å². The van der Waals surface area contributed by atoms with Gasteiger partial charge in [0.15, 0.2) is 0 Å². The minimum atomic E-state index is 0.0405. The quantitative estimate of drug-likeness (QED) is 0.577. The number of hydrogen-bond donors (Lipinski definition) is 1. The Hall–Kier alpha value is -1.58. The second-order valence-corrected chi connectivity index (χ2v) is 2.40. The molecular weight excluding hydrogens is 148 g/mol. The van der Waals surface area contributed by atoms with Gasteiger partial charge < -0.3 is 18.7 Å². The molecule has 0 spiro atoms. The van der Waals surface area contributed by atoms with Crippen LogP contribution in [0.25, 0.3) is 22.3 Å². The molecule has 0 aliphatic carbocycles. The van der Waals surface area contributed by atoms with Gasteiger partial charge in [-0.1, -0.05) is 0 Å². The van der Waals surface area contributed by atoms with E-state index in [0.717, 1.165) is 0 Å². The smallest absolute Gasteiger partial charge is 0.220 e. The first-order chi connectivity index (χ1) is 5.33. The molecule has 0 fully saturated rings. The number of hydrogen-bond acceptors (Lipinski definition) is 4. The second kappa shape index (κ2) is 1.23. The summed E-state index contributed by atoms with van der Waals surface area (Å²) in [6, 6.07) is 0. The van der Waals surface area contributed by atoms with Crippen molar-refractivity contribution in [2.24, 2.45) is 0 Å². The fourth-order valence-corrected chi connectivity index (χ4v) is 1.16. The summed E-state index contributed by atoms with van der Waals surface area (Å²) in [5, 5.41) is 9.33. The molecule has 3 aromatic rings. The largest absolute Gasteiger partial charge is 0.501 e. The zero-order valence-electron chi connectivity index (χ0n) is 5.67. The van der Waals surface area contributed by atoms with Crippen molar-refractivity contribution in [3.8, 4) is 11.5 Å². The third kappa shape index (κ3) is 0.430. The molecule has 0 unspecified atom stereocenters. The van der Waals surface area contributed by atoms with Crippen LogP contribution in [0.3, 0.4) is 0 Å². The van der Waals surface area contributed by atoms with Gasteiger partial charge in [-0.15, -0.1) is 0 Å². The van der Waals surface area contributed by atoms with Gasteiger partial charge in [0.2, 0.25) is 33.8 Å². The van der Waals surface area contributed by atoms with Gasteiger partial charge in [0.1, 0.15) is 0 Å². The van der Waals surface area contributed by atoms with Crippen molar-refractivity contribution in [2.45, 2.75) is 0 Å². The van der Waals surface area contributed by atoms with Gasteiger partial charge >= 0.3 is 0 Å². The molecule has 0 bridgehead atoms. The maximum atomic E-state index is 9.33. The van der Waals surface area contributed by atoms with Crippen LogP contribution in [0.15, 0.2) is 8.83 Å². The molecule has 0 aliphatic rings. The average molecular weight is 152 g/mol. The number of phenolic OH excluding ortho intramolecular Hbond substituents is 1. The van der Waals surface area contributed by atoms with E-state index >= 15 is 0 Å². The molecule has 56 valence electrons. The van der Waals surface area contributed by atoms with E-state index in [9.17, 15) is 5.11 Å². The Labute approximate surface area is 60.6 Å². The zero-order valence-corrected chi connectivity index (χ0v) is 5.67. The van der Waals surface area contributed by atoms with Crippen LogP contribution < -0.4 is 4.74 Å². The second-order valence-electron chi connectivity index (χ2n) is 2.40. The Kier molecular flexibility index (Phi) is 0.572. The average Bonchev–Trinajstić information content (AvgIpc) is 2.81. The first-order valence-electron chi connectivity index (χ1n) is 3.15. The summed E-state index contributed by atoms with van der Waals surface area (Å²) >= 11 is 0. The summed E-state index contributed by atoms with van der Waals surface area (Å²) in [6.45, 7) is 0. The van der Waals surface area contributed by atoms with Crippen molar-refractivity contribution in [1.82, 2.24) is 0 Å². The molecule has 2 heterocycles. The summed E-state index contributed by atoms with van der Waals surface area (Å²) in [5.74, 6) is 0.412. The summed E-state index contributed by atoms with van der Waals surface area (Å²) in [4.78, 5) is 0. The Balaban J connectivity index is 2.48. The van der Waals surface area contributed by atoms with Crippen LogP contribution in [0.1, 0.15) is 0 Å². The molecule has 2 aromatic heterocycles. The van der Waals surface area contributed by atoms with Crippen molar-refractivity contribution in [3.63, 3.8) is 0 Å². The van der Waals surface area contributed by atoms with Crippen LogP contribution in [0.2, 0.25) is 0 Å². The first kappa shape index (κ1) is 5.12. The highest BCUT2D eigenvalue weighted by Crippen LogP contribution is 2.52. The number of ether oxygens (including phenoxy) is 1. The summed E-state index contributed by atoms with van der Waals surface area (Å²) in [6.07, 6.45) is 0. The Morgan fingerprint density at radius 2 is 1.73 bits per heavy atom. The number of phenols is 1. The number of benzene rings is 1. The molecule has 0 amide bonds. The molecule has 0 radical (unpaired) electrons. The van der Waals surface area contributed by atoms with E-state index in [1.165, 1.54) is 7.11 Å². The lowest BCUT2D eigenvalue weighted by Gasteiger charge is -1.93. The van der Waals surface area contributed by atoms with Gasteiger partial charge in [0, 0.05) is 0 Å². The standard InChI is InChI=1S/C7H4O4/c1-9-3-2(8)4-6(10-4)7-5(3)11-7/h8H,1H3. The Morgan fingerprint density at radius 3 is 2.45 bits per heavy atom. The fraction of sp³-hybridized carbons (Fsp3) is 0.143. The van der Waals surface area contributed by atoms with Crippen LogP contribution in [-0.4, -0.2) is 12.2 Å². The van der Waals surface area contributed by atoms with E-state index in [-0.39, 0.29) is 5.75 Å². The Bertz CT molecular complexity index is 489. The van der Waals surface area contributed by atoms with Gasteiger partial charge in [-0.3, -0.25) is 0 Å². The third-order valence-corrected chi connectivity index (χ3v) is 1.78. The highest BCUT2D eigenvalue weighted by Gasteiger charge is 2.31. The molecule has 4 nitrogen and oxygen atoms in total. The summed E-state index contributed by atoms with van der Waals surface area (Å²) < 4.78 is 14.8. The molecule has 11 heavy (non-hydrogen) atoms. The number of rotatable bonds is 1. The normalized spacial score (nSPS) is 12.5. The maximum Gasteiger partial charge on any atom is 0.220 e. The van der Waals surface area contributed by atoms with Gasteiger partial charge in [-0.2, -0.15) is 0 Å². The summed E-state index contributed by atoms with van der Waals surface area (Å²) in [5.41, 5.74) is 2.44. The number of fused-ring (bicyclic) bond motifs is 3. The Morgan fingerprint density at radius 1 is 1.09 bits per heavy atom. The van der Waals surface area contributed by atoms with Crippen molar-refractivity contribution >= 4 is 22.3 Å². The molecule has 4 heteroatoms. The van der Waals surface area contributed by atoms with Crippen LogP contribution in [0, 0.1) is 0 Å². The topological polar surface area (TPSA) is 55.7 Å². The van der Waals surface area contributed by atoms with Crippen molar-refractivity contribution < 1.29 is 18.7 Å². The molecule has 0 atom stereocenters. The van der Waals surface area contributed by atoms with E-state index in [1.54, 1.807) is 0 Å². The lowest BCUT2D eigenvalue weighted by molar-refractivity contribution is 0.377. The van der Waals surface area contributed by atoms with Crippen molar-refractivity contribution in [2.75, 3.05) is 7.11 Å². The van der Waals surface area contributed by atoms with E-state index in [0.29, 0.717) is 28.1 Å². The van der Waals surface area contributed by atoms with Gasteiger partial charge in [0.25, 0.3) is 0 Å². The van der Waals surface area contributed by atoms with Crippen LogP contribution in [0.5, 0.6) is 11.5 Å². The highest BCUT2D eigenvalue weighted by atomic mass is 16.5. The fourth-order valence-electron chi connectivity index (χ4n) is 1.16. The monoisotopic (exact) mass is 152 g/mol. The predicted octanol–water partition coefficient (Wildman–Crippen LogP) is 1.77. The number of aromatic hydroxyl groups is 1. The van der Waals surface area contributed by atoms with Crippen molar-refractivity contribution in [1.29, 1.82) is 0 Å². The minimum Gasteiger partial charge on any atom is -0.501 e. The molecule has 0 saturated carbocycles. The minimum absolute atomic E-state index is 0.0405. The van der Waals surface area contributed by atoms with Crippen LogP contribution >= 0.6 is 0 Å². The predicted molar refractivity (Wildman–Crippen MR) is 36.6 cm³/mol. The molecule has 0 saturated heterocycles. The lowest BCUT2D eigenvalue weighted by Crippen LogP contribution is -1.79. The zero-order chi connectivity index (χ0) is 7.59. The van der Waals surface area contributed by atoms with Gasteiger partial charge in [-0.25, -0.2) is 0 Å². The van der Waals surface area contributed by atoms with Crippen LogP contribution in [0.4, 0.5) is 0 Å². The van der Waals surface area contributed by atoms with Gasteiger partial charge in [0.05, 0.1) is 7.11 Å². The lowest BCUT2D eigenvalue weighted by atomic mass is 10.3. The SMILES string of the molecule is COc1c(O)c2oc2c2oc12. The van der Waals surface area contributed by atoms with E-state index < -0.39 is 0 Å². The molecule has 0 aliphatic heterocycles. The van der Waals surface area contributed by atoms with Crippen LogP contribution in [-0.2, 0) is 0 Å². The van der Waals surface area contributed by atoms with E-state index in [2.05, 4.69) is 0 Å².